The van der Waals surface area contributed by atoms with Crippen molar-refractivity contribution >= 4 is 11.8 Å². The minimum Gasteiger partial charge on any atom is -0.486 e. The number of carboxylic acids is 1. The van der Waals surface area contributed by atoms with Crippen LogP contribution in [0.2, 0.25) is 0 Å². The van der Waals surface area contributed by atoms with E-state index in [1.165, 1.54) is 0 Å². The number of hydrogen-bond acceptors (Lipinski definition) is 3. The van der Waals surface area contributed by atoms with E-state index in [2.05, 4.69) is 0 Å². The van der Waals surface area contributed by atoms with Crippen LogP contribution in [0, 0.1) is 17.8 Å². The molecule has 0 radical (unpaired) electrons. The van der Waals surface area contributed by atoms with Gasteiger partial charge in [0.05, 0.1) is 17.9 Å². The molecule has 1 N–H and O–H groups in total. The lowest BCUT2D eigenvalue weighted by Crippen LogP contribution is -2.43. The van der Waals surface area contributed by atoms with Crippen LogP contribution in [0.25, 0.3) is 0 Å². The Morgan fingerprint density at radius 3 is 2.89 bits per heavy atom. The van der Waals surface area contributed by atoms with Crippen molar-refractivity contribution in [2.45, 2.75) is 24.9 Å². The summed E-state index contributed by atoms with van der Waals surface area (Å²) in [6, 6.07) is 7.25. The highest BCUT2D eigenvalue weighted by atomic mass is 16.5. The fourth-order valence-electron chi connectivity index (χ4n) is 4.10. The highest BCUT2D eigenvalue weighted by Gasteiger charge is 2.70. The molecule has 98 valence electrons. The third kappa shape index (κ3) is 1.34. The molecule has 1 aromatic rings. The van der Waals surface area contributed by atoms with E-state index in [1.807, 2.05) is 12.1 Å². The molecule has 2 saturated carbocycles. The molecule has 1 aromatic carbocycles. The van der Waals surface area contributed by atoms with Crippen molar-refractivity contribution in [2.24, 2.45) is 17.8 Å². The Balaban J connectivity index is 1.72. The van der Waals surface area contributed by atoms with Crippen molar-refractivity contribution in [3.8, 4) is 5.75 Å². The van der Waals surface area contributed by atoms with E-state index in [4.69, 9.17) is 4.74 Å². The molecule has 4 heteroatoms. The largest absolute Gasteiger partial charge is 0.486 e. The Kier molecular flexibility index (Phi) is 1.96. The number of para-hydroxylation sites is 1. The van der Waals surface area contributed by atoms with Gasteiger partial charge in [-0.2, -0.15) is 0 Å². The SMILES string of the molecule is O=C1CC2(CCC3C(C(=O)O)C32)Oc2ccccc21. The number of carbonyl (C=O) groups excluding carboxylic acids is 1. The number of carboxylic acid groups (broad SMARTS) is 1. The molecule has 3 aliphatic rings. The molecule has 4 rings (SSSR count). The minimum atomic E-state index is -0.746. The van der Waals surface area contributed by atoms with Crippen LogP contribution < -0.4 is 4.74 Å². The van der Waals surface area contributed by atoms with Gasteiger partial charge in [-0.3, -0.25) is 9.59 Å². The number of rotatable bonds is 1. The van der Waals surface area contributed by atoms with Crippen molar-refractivity contribution in [1.82, 2.24) is 0 Å². The summed E-state index contributed by atoms with van der Waals surface area (Å²) in [5.74, 6) is -0.136. The van der Waals surface area contributed by atoms with Gasteiger partial charge in [0, 0.05) is 5.92 Å². The standard InChI is InChI=1S/C15H14O4/c16-10-7-15(19-11-4-2-1-3-8(10)11)6-5-9-12(13(9)15)14(17)18/h1-4,9,12-13H,5-7H2,(H,17,18). The Morgan fingerprint density at radius 2 is 2.16 bits per heavy atom. The van der Waals surface area contributed by atoms with Gasteiger partial charge in [0.25, 0.3) is 0 Å². The summed E-state index contributed by atoms with van der Waals surface area (Å²) in [7, 11) is 0. The van der Waals surface area contributed by atoms with Gasteiger partial charge in [0.15, 0.2) is 5.78 Å². The predicted octanol–water partition coefficient (Wildman–Crippen LogP) is 2.13. The lowest BCUT2D eigenvalue weighted by atomic mass is 9.84. The Labute approximate surface area is 110 Å². The molecular weight excluding hydrogens is 244 g/mol. The number of ether oxygens (including phenoxy) is 1. The van der Waals surface area contributed by atoms with Crippen LogP contribution in [0.15, 0.2) is 24.3 Å². The second-order valence-corrected chi connectivity index (χ2v) is 5.86. The summed E-state index contributed by atoms with van der Waals surface area (Å²) in [4.78, 5) is 23.4. The van der Waals surface area contributed by atoms with Crippen molar-refractivity contribution < 1.29 is 19.4 Å². The first kappa shape index (κ1) is 11.0. The lowest BCUT2D eigenvalue weighted by Gasteiger charge is -2.36. The van der Waals surface area contributed by atoms with E-state index in [0.717, 1.165) is 12.8 Å². The maximum atomic E-state index is 12.3. The second kappa shape index (κ2) is 3.38. The normalized spacial score (nSPS) is 38.5. The molecule has 2 aliphatic carbocycles. The molecule has 1 spiro atoms. The smallest absolute Gasteiger partial charge is 0.307 e. The Morgan fingerprint density at radius 1 is 1.37 bits per heavy atom. The minimum absolute atomic E-state index is 0.0160. The second-order valence-electron chi connectivity index (χ2n) is 5.86. The topological polar surface area (TPSA) is 63.6 Å². The molecule has 1 aliphatic heterocycles. The van der Waals surface area contributed by atoms with Crippen LogP contribution in [0.1, 0.15) is 29.6 Å². The summed E-state index contributed by atoms with van der Waals surface area (Å²) >= 11 is 0. The Bertz CT molecular complexity index is 594. The summed E-state index contributed by atoms with van der Waals surface area (Å²) in [5, 5.41) is 9.19. The van der Waals surface area contributed by atoms with Gasteiger partial charge in [-0.05, 0) is 30.9 Å². The van der Waals surface area contributed by atoms with Crippen molar-refractivity contribution in [3.05, 3.63) is 29.8 Å². The molecule has 4 unspecified atom stereocenters. The lowest BCUT2D eigenvalue weighted by molar-refractivity contribution is -0.140. The summed E-state index contributed by atoms with van der Waals surface area (Å²) in [6.07, 6.45) is 1.98. The molecular formula is C15H14O4. The van der Waals surface area contributed by atoms with Gasteiger partial charge in [-0.1, -0.05) is 12.1 Å². The maximum Gasteiger partial charge on any atom is 0.307 e. The summed E-state index contributed by atoms with van der Waals surface area (Å²) < 4.78 is 6.10. The van der Waals surface area contributed by atoms with Crippen LogP contribution in [0.4, 0.5) is 0 Å². The Hall–Kier alpha value is -1.84. The molecule has 0 saturated heterocycles. The zero-order valence-corrected chi connectivity index (χ0v) is 10.3. The molecule has 4 atom stereocenters. The first-order chi connectivity index (χ1) is 9.12. The van der Waals surface area contributed by atoms with Gasteiger partial charge in [0.2, 0.25) is 0 Å². The number of ketones is 1. The number of benzene rings is 1. The monoisotopic (exact) mass is 258 g/mol. The van der Waals surface area contributed by atoms with Gasteiger partial charge in [-0.25, -0.2) is 0 Å². The molecule has 1 heterocycles. The van der Waals surface area contributed by atoms with Crippen molar-refractivity contribution in [1.29, 1.82) is 0 Å². The maximum absolute atomic E-state index is 12.3. The van der Waals surface area contributed by atoms with Crippen molar-refractivity contribution in [2.75, 3.05) is 0 Å². The summed E-state index contributed by atoms with van der Waals surface area (Å²) in [6.45, 7) is 0. The number of aliphatic carboxylic acids is 1. The van der Waals surface area contributed by atoms with E-state index in [9.17, 15) is 14.7 Å². The summed E-state index contributed by atoms with van der Waals surface area (Å²) in [5.41, 5.74) is 0.0724. The van der Waals surface area contributed by atoms with Gasteiger partial charge < -0.3 is 9.84 Å². The highest BCUT2D eigenvalue weighted by molar-refractivity contribution is 6.00. The van der Waals surface area contributed by atoms with E-state index in [0.29, 0.717) is 17.7 Å². The highest BCUT2D eigenvalue weighted by Crippen LogP contribution is 2.65. The number of carbonyl (C=O) groups is 2. The van der Waals surface area contributed by atoms with Crippen LogP contribution in [0.5, 0.6) is 5.75 Å². The van der Waals surface area contributed by atoms with Crippen molar-refractivity contribution in [3.63, 3.8) is 0 Å². The average Bonchev–Trinajstić information content (AvgIpc) is 3.04. The molecule has 2 fully saturated rings. The van der Waals surface area contributed by atoms with E-state index in [1.54, 1.807) is 12.1 Å². The van der Waals surface area contributed by atoms with Gasteiger partial charge in [0.1, 0.15) is 11.4 Å². The third-order valence-corrected chi connectivity index (χ3v) is 4.92. The number of hydrogen-bond donors (Lipinski definition) is 1. The molecule has 4 nitrogen and oxygen atoms in total. The van der Waals surface area contributed by atoms with Crippen LogP contribution >= 0.6 is 0 Å². The fraction of sp³-hybridized carbons (Fsp3) is 0.467. The van der Waals surface area contributed by atoms with E-state index < -0.39 is 11.6 Å². The first-order valence-corrected chi connectivity index (χ1v) is 6.66. The van der Waals surface area contributed by atoms with E-state index >= 15 is 0 Å². The third-order valence-electron chi connectivity index (χ3n) is 4.92. The van der Waals surface area contributed by atoms with Crippen LogP contribution in [-0.2, 0) is 4.79 Å². The van der Waals surface area contributed by atoms with Gasteiger partial charge >= 0.3 is 5.97 Å². The fourth-order valence-corrected chi connectivity index (χ4v) is 4.10. The molecule has 0 aromatic heterocycles. The zero-order chi connectivity index (χ0) is 13.2. The first-order valence-electron chi connectivity index (χ1n) is 6.66. The van der Waals surface area contributed by atoms with Crippen LogP contribution in [-0.4, -0.2) is 22.5 Å². The van der Waals surface area contributed by atoms with E-state index in [-0.39, 0.29) is 23.5 Å². The average molecular weight is 258 g/mol. The number of fused-ring (bicyclic) bond motifs is 3. The quantitative estimate of drug-likeness (QED) is 0.838. The molecule has 0 bridgehead atoms. The van der Waals surface area contributed by atoms with Crippen LogP contribution in [0.3, 0.4) is 0 Å². The molecule has 0 amide bonds. The van der Waals surface area contributed by atoms with Gasteiger partial charge in [-0.15, -0.1) is 0 Å². The predicted molar refractivity (Wildman–Crippen MR) is 66.1 cm³/mol. The molecule has 19 heavy (non-hydrogen) atoms. The zero-order valence-electron chi connectivity index (χ0n) is 10.3. The number of Topliss-reactive ketones (excluding diaryl/α,β-unsaturated/α-hetero) is 1.